The number of fused-ring (bicyclic) bond motifs is 1. The van der Waals surface area contributed by atoms with Crippen molar-refractivity contribution < 1.29 is 0 Å². The Morgan fingerprint density at radius 1 is 1.04 bits per heavy atom. The quantitative estimate of drug-likeness (QED) is 0.462. The highest BCUT2D eigenvalue weighted by atomic mass is 79.9. The lowest BCUT2D eigenvalue weighted by Gasteiger charge is -2.09. The monoisotopic (exact) mass is 427 g/mol. The Labute approximate surface area is 164 Å². The van der Waals surface area contributed by atoms with Crippen molar-refractivity contribution in [3.63, 3.8) is 0 Å². The van der Waals surface area contributed by atoms with E-state index in [1.165, 1.54) is 6.33 Å². The maximum Gasteiger partial charge on any atom is 0.168 e. The molecule has 4 rings (SSSR count). The van der Waals surface area contributed by atoms with Crippen LogP contribution in [0, 0.1) is 13.8 Å². The van der Waals surface area contributed by atoms with Crippen LogP contribution in [0.2, 0.25) is 5.02 Å². The van der Waals surface area contributed by atoms with Crippen LogP contribution in [0.15, 0.2) is 53.4 Å². The van der Waals surface area contributed by atoms with Gasteiger partial charge in [-0.05, 0) is 55.3 Å². The van der Waals surface area contributed by atoms with Crippen molar-refractivity contribution in [2.45, 2.75) is 13.8 Å². The molecule has 1 N–H and O–H groups in total. The van der Waals surface area contributed by atoms with Gasteiger partial charge in [0.1, 0.15) is 12.1 Å². The topological polar surface area (TPSA) is 55.6 Å². The molecule has 0 saturated heterocycles. The molecule has 0 fully saturated rings. The van der Waals surface area contributed by atoms with Gasteiger partial charge in [0.2, 0.25) is 0 Å². The number of halogens is 2. The van der Waals surface area contributed by atoms with Crippen LogP contribution >= 0.6 is 27.5 Å². The molecule has 0 aliphatic rings. The van der Waals surface area contributed by atoms with Crippen molar-refractivity contribution in [1.82, 2.24) is 19.7 Å². The third-order valence-electron chi connectivity index (χ3n) is 4.19. The summed E-state index contributed by atoms with van der Waals surface area (Å²) in [5.41, 5.74) is 4.70. The van der Waals surface area contributed by atoms with Crippen molar-refractivity contribution in [3.8, 4) is 5.69 Å². The Kier molecular flexibility index (Phi) is 4.38. The number of hydrogen-bond donors (Lipinski definition) is 1. The first kappa shape index (κ1) is 17.0. The minimum atomic E-state index is 0.698. The van der Waals surface area contributed by atoms with Crippen LogP contribution in [0.1, 0.15) is 11.1 Å². The van der Waals surface area contributed by atoms with E-state index in [0.717, 1.165) is 38.0 Å². The van der Waals surface area contributed by atoms with Gasteiger partial charge in [-0.15, -0.1) is 0 Å². The summed E-state index contributed by atoms with van der Waals surface area (Å²) in [6.45, 7) is 4.02. The Morgan fingerprint density at radius 3 is 2.65 bits per heavy atom. The molecular formula is C19H15BrClN5. The maximum atomic E-state index is 6.26. The van der Waals surface area contributed by atoms with Crippen LogP contribution in [0.4, 0.5) is 11.5 Å². The van der Waals surface area contributed by atoms with Gasteiger partial charge in [0, 0.05) is 15.2 Å². The van der Waals surface area contributed by atoms with Crippen LogP contribution in [-0.2, 0) is 0 Å². The molecule has 26 heavy (non-hydrogen) atoms. The molecule has 0 atom stereocenters. The summed E-state index contributed by atoms with van der Waals surface area (Å²) in [5.74, 6) is 0.709. The fourth-order valence-electron chi connectivity index (χ4n) is 2.71. The number of rotatable bonds is 3. The standard InChI is InChI=1S/C19H15BrClN5/c1-11-3-5-14(8-17(11)21)26-19-15(9-24-26)18(22-10-23-19)25-13-4-6-16(20)12(2)7-13/h3-10H,1-2H3,(H,22,23,25). The van der Waals surface area contributed by atoms with Gasteiger partial charge in [-0.2, -0.15) is 5.10 Å². The molecule has 0 saturated carbocycles. The Balaban J connectivity index is 1.77. The van der Waals surface area contributed by atoms with Crippen LogP contribution in [0.3, 0.4) is 0 Å². The van der Waals surface area contributed by atoms with E-state index in [0.29, 0.717) is 10.8 Å². The zero-order valence-electron chi connectivity index (χ0n) is 14.2. The first-order valence-corrected chi connectivity index (χ1v) is 9.18. The number of hydrogen-bond acceptors (Lipinski definition) is 4. The number of aromatic nitrogens is 4. The highest BCUT2D eigenvalue weighted by molar-refractivity contribution is 9.10. The first-order chi connectivity index (χ1) is 12.5. The fraction of sp³-hybridized carbons (Fsp3) is 0.105. The lowest BCUT2D eigenvalue weighted by atomic mass is 10.2. The summed E-state index contributed by atoms with van der Waals surface area (Å²) in [5, 5.41) is 9.36. The van der Waals surface area contributed by atoms with Crippen molar-refractivity contribution in [1.29, 1.82) is 0 Å². The van der Waals surface area contributed by atoms with E-state index >= 15 is 0 Å². The second-order valence-corrected chi connectivity index (χ2v) is 7.30. The Hall–Kier alpha value is -2.44. The summed E-state index contributed by atoms with van der Waals surface area (Å²) in [4.78, 5) is 8.78. The van der Waals surface area contributed by atoms with Gasteiger partial charge in [0.05, 0.1) is 17.3 Å². The van der Waals surface area contributed by atoms with Crippen LogP contribution < -0.4 is 5.32 Å². The molecule has 0 bridgehead atoms. The molecule has 4 aromatic rings. The van der Waals surface area contributed by atoms with Gasteiger partial charge < -0.3 is 5.32 Å². The molecule has 5 nitrogen and oxygen atoms in total. The lowest BCUT2D eigenvalue weighted by molar-refractivity contribution is 0.894. The molecule has 0 spiro atoms. The van der Waals surface area contributed by atoms with E-state index in [-0.39, 0.29) is 0 Å². The van der Waals surface area contributed by atoms with E-state index < -0.39 is 0 Å². The maximum absolute atomic E-state index is 6.26. The van der Waals surface area contributed by atoms with Crippen LogP contribution in [0.5, 0.6) is 0 Å². The Morgan fingerprint density at radius 2 is 1.88 bits per heavy atom. The van der Waals surface area contributed by atoms with Gasteiger partial charge in [-0.25, -0.2) is 14.6 Å². The summed E-state index contributed by atoms with van der Waals surface area (Å²) in [7, 11) is 0. The van der Waals surface area contributed by atoms with E-state index in [2.05, 4.69) is 42.4 Å². The smallest absolute Gasteiger partial charge is 0.168 e. The molecular weight excluding hydrogens is 414 g/mol. The minimum Gasteiger partial charge on any atom is -0.340 e. The Bertz CT molecular complexity index is 1120. The molecule has 0 aliphatic heterocycles. The second-order valence-electron chi connectivity index (χ2n) is 6.04. The normalized spacial score (nSPS) is 11.1. The van der Waals surface area contributed by atoms with Crippen LogP contribution in [0.25, 0.3) is 16.7 Å². The van der Waals surface area contributed by atoms with Gasteiger partial charge in [0.15, 0.2) is 5.65 Å². The van der Waals surface area contributed by atoms with Crippen molar-refractivity contribution >= 4 is 50.1 Å². The average Bonchev–Trinajstić information content (AvgIpc) is 3.06. The van der Waals surface area contributed by atoms with Crippen molar-refractivity contribution in [3.05, 3.63) is 69.5 Å². The largest absolute Gasteiger partial charge is 0.340 e. The van der Waals surface area contributed by atoms with E-state index in [1.807, 2.05) is 44.2 Å². The predicted octanol–water partition coefficient (Wildman–Crippen LogP) is 5.59. The first-order valence-electron chi connectivity index (χ1n) is 8.01. The van der Waals surface area contributed by atoms with E-state index in [9.17, 15) is 0 Å². The summed E-state index contributed by atoms with van der Waals surface area (Å²) in [6.07, 6.45) is 3.29. The third kappa shape index (κ3) is 3.06. The second kappa shape index (κ2) is 6.70. The van der Waals surface area contributed by atoms with Crippen LogP contribution in [-0.4, -0.2) is 19.7 Å². The molecule has 0 radical (unpaired) electrons. The molecule has 0 unspecified atom stereocenters. The SMILES string of the molecule is Cc1ccc(-n2ncc3c(Nc4ccc(Br)c(C)c4)ncnc32)cc1Cl. The van der Waals surface area contributed by atoms with Gasteiger partial charge >= 0.3 is 0 Å². The van der Waals surface area contributed by atoms with Gasteiger partial charge in [-0.3, -0.25) is 0 Å². The highest BCUT2D eigenvalue weighted by Crippen LogP contribution is 2.27. The number of nitrogens with zero attached hydrogens (tertiary/aromatic N) is 4. The molecule has 0 amide bonds. The molecule has 2 heterocycles. The predicted molar refractivity (Wildman–Crippen MR) is 109 cm³/mol. The van der Waals surface area contributed by atoms with E-state index in [1.54, 1.807) is 10.9 Å². The fourth-order valence-corrected chi connectivity index (χ4v) is 3.13. The minimum absolute atomic E-state index is 0.698. The third-order valence-corrected chi connectivity index (χ3v) is 5.48. The molecule has 130 valence electrons. The van der Waals surface area contributed by atoms with Crippen molar-refractivity contribution in [2.75, 3.05) is 5.32 Å². The molecule has 2 aromatic heterocycles. The summed E-state index contributed by atoms with van der Waals surface area (Å²) in [6, 6.07) is 11.9. The number of benzene rings is 2. The average molecular weight is 429 g/mol. The number of aryl methyl sites for hydroxylation is 2. The van der Waals surface area contributed by atoms with Gasteiger partial charge in [-0.1, -0.05) is 33.6 Å². The van der Waals surface area contributed by atoms with E-state index in [4.69, 9.17) is 11.6 Å². The summed E-state index contributed by atoms with van der Waals surface area (Å²) < 4.78 is 2.83. The van der Waals surface area contributed by atoms with Gasteiger partial charge in [0.25, 0.3) is 0 Å². The summed E-state index contributed by atoms with van der Waals surface area (Å²) >= 11 is 9.78. The molecule has 7 heteroatoms. The highest BCUT2D eigenvalue weighted by Gasteiger charge is 2.12. The van der Waals surface area contributed by atoms with Crippen molar-refractivity contribution in [2.24, 2.45) is 0 Å². The zero-order valence-corrected chi connectivity index (χ0v) is 16.5. The zero-order chi connectivity index (χ0) is 18.3. The molecule has 0 aliphatic carbocycles. The lowest BCUT2D eigenvalue weighted by Crippen LogP contribution is -2.00. The number of nitrogens with one attached hydrogen (secondary N) is 1. The number of anilines is 2. The molecule has 2 aromatic carbocycles.